The predicted molar refractivity (Wildman–Crippen MR) is 86.4 cm³/mol. The molecule has 3 unspecified atom stereocenters. The summed E-state index contributed by atoms with van der Waals surface area (Å²) in [5.41, 5.74) is 0.735. The maximum Gasteiger partial charge on any atom is 0.251 e. The van der Waals surface area contributed by atoms with Gasteiger partial charge in [0.25, 0.3) is 5.91 Å². The van der Waals surface area contributed by atoms with E-state index in [1.165, 1.54) is 0 Å². The fraction of sp³-hybridized carbons (Fsp3) is 0.389. The number of carbonyl (C=O) groups excluding carboxylic acids is 1. The molecule has 2 N–H and O–H groups in total. The zero-order valence-electron chi connectivity index (χ0n) is 12.6. The van der Waals surface area contributed by atoms with Gasteiger partial charge in [-0.25, -0.2) is 0 Å². The Morgan fingerprint density at radius 2 is 1.90 bits per heavy atom. The molecule has 1 heterocycles. The van der Waals surface area contributed by atoms with E-state index in [1.807, 2.05) is 36.4 Å². The first-order chi connectivity index (χ1) is 10.1. The van der Waals surface area contributed by atoms with Crippen molar-refractivity contribution in [2.75, 3.05) is 6.54 Å². The van der Waals surface area contributed by atoms with Crippen LogP contribution in [0.3, 0.4) is 0 Å². The van der Waals surface area contributed by atoms with Gasteiger partial charge in [-0.1, -0.05) is 37.3 Å². The van der Waals surface area contributed by atoms with Crippen molar-refractivity contribution < 1.29 is 4.79 Å². The third kappa shape index (κ3) is 2.93. The lowest BCUT2D eigenvalue weighted by Gasteiger charge is -2.36. The highest BCUT2D eigenvalue weighted by molar-refractivity contribution is 5.98. The van der Waals surface area contributed by atoms with Gasteiger partial charge in [0.15, 0.2) is 0 Å². The molecule has 1 aliphatic rings. The largest absolute Gasteiger partial charge is 0.347 e. The van der Waals surface area contributed by atoms with Crippen molar-refractivity contribution in [1.29, 1.82) is 0 Å². The summed E-state index contributed by atoms with van der Waals surface area (Å²) in [5, 5.41) is 8.90. The Labute approximate surface area is 125 Å². The number of fused-ring (bicyclic) bond motifs is 1. The molecule has 3 rings (SSSR count). The maximum atomic E-state index is 12.5. The maximum absolute atomic E-state index is 12.5. The molecule has 0 saturated carbocycles. The number of amides is 1. The molecule has 1 aliphatic heterocycles. The van der Waals surface area contributed by atoms with Gasteiger partial charge in [0.1, 0.15) is 0 Å². The van der Waals surface area contributed by atoms with Gasteiger partial charge in [-0.15, -0.1) is 0 Å². The summed E-state index contributed by atoms with van der Waals surface area (Å²) < 4.78 is 0. The number of carbonyl (C=O) groups is 1. The fourth-order valence-electron chi connectivity index (χ4n) is 3.17. The minimum atomic E-state index is 0.0214. The first-order valence-corrected chi connectivity index (χ1v) is 7.68. The summed E-state index contributed by atoms with van der Waals surface area (Å²) in [6.45, 7) is 5.38. The molecule has 1 saturated heterocycles. The highest BCUT2D eigenvalue weighted by Gasteiger charge is 2.28. The van der Waals surface area contributed by atoms with Gasteiger partial charge in [0.05, 0.1) is 0 Å². The van der Waals surface area contributed by atoms with E-state index in [4.69, 9.17) is 0 Å². The predicted octanol–water partition coefficient (Wildman–Crippen LogP) is 2.96. The number of benzene rings is 2. The van der Waals surface area contributed by atoms with Gasteiger partial charge in [-0.05, 0) is 48.7 Å². The number of hydrogen-bond donors (Lipinski definition) is 2. The van der Waals surface area contributed by atoms with Crippen LogP contribution in [0.15, 0.2) is 42.5 Å². The Morgan fingerprint density at radius 1 is 1.14 bits per heavy atom. The molecular formula is C18H22N2O. The molecule has 3 heteroatoms. The highest BCUT2D eigenvalue weighted by atomic mass is 16.1. The minimum Gasteiger partial charge on any atom is -0.347 e. The number of piperidine rings is 1. The normalized spacial score (nSPS) is 25.7. The second kappa shape index (κ2) is 5.86. The molecule has 2 aromatic carbocycles. The van der Waals surface area contributed by atoms with Crippen molar-refractivity contribution >= 4 is 16.7 Å². The lowest BCUT2D eigenvalue weighted by atomic mass is 9.89. The third-order valence-electron chi connectivity index (χ3n) is 4.53. The Morgan fingerprint density at radius 3 is 2.67 bits per heavy atom. The van der Waals surface area contributed by atoms with Gasteiger partial charge >= 0.3 is 0 Å². The quantitative estimate of drug-likeness (QED) is 0.889. The summed E-state index contributed by atoms with van der Waals surface area (Å²) in [4.78, 5) is 12.5. The highest BCUT2D eigenvalue weighted by Crippen LogP contribution is 2.19. The van der Waals surface area contributed by atoms with Gasteiger partial charge in [0.2, 0.25) is 0 Å². The molecule has 1 fully saturated rings. The fourth-order valence-corrected chi connectivity index (χ4v) is 3.17. The van der Waals surface area contributed by atoms with Crippen molar-refractivity contribution in [3.8, 4) is 0 Å². The lowest BCUT2D eigenvalue weighted by Crippen LogP contribution is -2.55. The average Bonchev–Trinajstić information content (AvgIpc) is 2.50. The number of rotatable bonds is 2. The SMILES string of the molecule is CC1CCNC(C)C1NC(=O)c1ccc2ccccc2c1. The Hall–Kier alpha value is -1.87. The molecule has 21 heavy (non-hydrogen) atoms. The third-order valence-corrected chi connectivity index (χ3v) is 4.53. The topological polar surface area (TPSA) is 41.1 Å². The van der Waals surface area contributed by atoms with Crippen LogP contribution in [0.2, 0.25) is 0 Å². The molecule has 3 atom stereocenters. The van der Waals surface area contributed by atoms with Crippen LogP contribution in [0.4, 0.5) is 0 Å². The summed E-state index contributed by atoms with van der Waals surface area (Å²) >= 11 is 0. The molecule has 0 aliphatic carbocycles. The van der Waals surface area contributed by atoms with E-state index in [9.17, 15) is 4.79 Å². The Balaban J connectivity index is 1.80. The monoisotopic (exact) mass is 282 g/mol. The molecular weight excluding hydrogens is 260 g/mol. The van der Waals surface area contributed by atoms with Crippen molar-refractivity contribution in [1.82, 2.24) is 10.6 Å². The molecule has 110 valence electrons. The lowest BCUT2D eigenvalue weighted by molar-refractivity contribution is 0.0898. The van der Waals surface area contributed by atoms with E-state index in [0.29, 0.717) is 12.0 Å². The summed E-state index contributed by atoms with van der Waals surface area (Å²) in [6.07, 6.45) is 1.10. The van der Waals surface area contributed by atoms with Crippen LogP contribution in [-0.4, -0.2) is 24.5 Å². The molecule has 0 spiro atoms. The van der Waals surface area contributed by atoms with E-state index >= 15 is 0 Å². The van der Waals surface area contributed by atoms with Crippen molar-refractivity contribution in [3.63, 3.8) is 0 Å². The number of hydrogen-bond acceptors (Lipinski definition) is 2. The molecule has 3 nitrogen and oxygen atoms in total. The van der Waals surface area contributed by atoms with Crippen LogP contribution in [0.5, 0.6) is 0 Å². The van der Waals surface area contributed by atoms with Gasteiger partial charge in [0, 0.05) is 17.6 Å². The van der Waals surface area contributed by atoms with E-state index in [0.717, 1.165) is 29.3 Å². The first kappa shape index (κ1) is 14.1. The van der Waals surface area contributed by atoms with Gasteiger partial charge in [-0.3, -0.25) is 4.79 Å². The van der Waals surface area contributed by atoms with E-state index in [-0.39, 0.29) is 11.9 Å². The average molecular weight is 282 g/mol. The second-order valence-electron chi connectivity index (χ2n) is 6.07. The number of nitrogens with one attached hydrogen (secondary N) is 2. The smallest absolute Gasteiger partial charge is 0.251 e. The zero-order chi connectivity index (χ0) is 14.8. The van der Waals surface area contributed by atoms with Crippen LogP contribution in [0.25, 0.3) is 10.8 Å². The van der Waals surface area contributed by atoms with Crippen LogP contribution in [-0.2, 0) is 0 Å². The zero-order valence-corrected chi connectivity index (χ0v) is 12.6. The summed E-state index contributed by atoms with van der Waals surface area (Å²) in [6, 6.07) is 14.5. The molecule has 0 radical (unpaired) electrons. The van der Waals surface area contributed by atoms with E-state index in [1.54, 1.807) is 0 Å². The molecule has 2 aromatic rings. The van der Waals surface area contributed by atoms with Crippen LogP contribution >= 0.6 is 0 Å². The van der Waals surface area contributed by atoms with Crippen molar-refractivity contribution in [2.24, 2.45) is 5.92 Å². The van der Waals surface area contributed by atoms with Crippen molar-refractivity contribution in [3.05, 3.63) is 48.0 Å². The van der Waals surface area contributed by atoms with Crippen molar-refractivity contribution in [2.45, 2.75) is 32.4 Å². The summed E-state index contributed by atoms with van der Waals surface area (Å²) in [5.74, 6) is 0.527. The molecule has 0 bridgehead atoms. The second-order valence-corrected chi connectivity index (χ2v) is 6.07. The Bertz CT molecular complexity index is 642. The van der Waals surface area contributed by atoms with E-state index < -0.39 is 0 Å². The summed E-state index contributed by atoms with van der Waals surface area (Å²) in [7, 11) is 0. The van der Waals surface area contributed by atoms with Gasteiger partial charge < -0.3 is 10.6 Å². The van der Waals surface area contributed by atoms with Gasteiger partial charge in [-0.2, -0.15) is 0 Å². The van der Waals surface area contributed by atoms with Crippen LogP contribution in [0, 0.1) is 5.92 Å². The minimum absolute atomic E-state index is 0.0214. The Kier molecular flexibility index (Phi) is 3.93. The standard InChI is InChI=1S/C18H22N2O/c1-12-9-10-19-13(2)17(12)20-18(21)16-8-7-14-5-3-4-6-15(14)11-16/h3-8,11-13,17,19H,9-10H2,1-2H3,(H,20,21). The van der Waals surface area contributed by atoms with Crippen LogP contribution < -0.4 is 10.6 Å². The van der Waals surface area contributed by atoms with E-state index in [2.05, 4.69) is 30.5 Å². The first-order valence-electron chi connectivity index (χ1n) is 7.68. The molecule has 1 amide bonds. The van der Waals surface area contributed by atoms with Crippen LogP contribution in [0.1, 0.15) is 30.6 Å². The molecule has 0 aromatic heterocycles.